The largest absolute Gasteiger partial charge is 0.457 e. The van der Waals surface area contributed by atoms with Crippen LogP contribution in [0.5, 0.6) is 0 Å². The molecule has 0 fully saturated rings. The lowest BCUT2D eigenvalue weighted by Crippen LogP contribution is -2.25. The summed E-state index contributed by atoms with van der Waals surface area (Å²) >= 11 is 3.58. The maximum absolute atomic E-state index is 12.6. The highest BCUT2D eigenvalue weighted by Crippen LogP contribution is 2.44. The summed E-state index contributed by atoms with van der Waals surface area (Å²) in [5.74, 6) is -0.355. The van der Waals surface area contributed by atoms with Crippen LogP contribution in [-0.4, -0.2) is 11.9 Å². The van der Waals surface area contributed by atoms with Crippen molar-refractivity contribution in [1.29, 1.82) is 0 Å². The molecule has 42 heavy (non-hydrogen) atoms. The molecule has 0 spiro atoms. The summed E-state index contributed by atoms with van der Waals surface area (Å²) in [4.78, 5) is 27.6. The highest BCUT2D eigenvalue weighted by Gasteiger charge is 2.30. The van der Waals surface area contributed by atoms with Gasteiger partial charge in [-0.05, 0) is 88.1 Å². The number of benzene rings is 2. The average Bonchev–Trinajstić information content (AvgIpc) is 3.52. The van der Waals surface area contributed by atoms with Crippen LogP contribution in [-0.2, 0) is 19.1 Å². The van der Waals surface area contributed by atoms with Crippen LogP contribution in [0.4, 0.5) is 0 Å². The van der Waals surface area contributed by atoms with Gasteiger partial charge in [0.2, 0.25) is 0 Å². The van der Waals surface area contributed by atoms with Crippen molar-refractivity contribution in [3.63, 3.8) is 0 Å². The van der Waals surface area contributed by atoms with Crippen LogP contribution in [0.2, 0.25) is 0 Å². The second-order valence-corrected chi connectivity index (χ2v) is 15.4. The van der Waals surface area contributed by atoms with Crippen molar-refractivity contribution >= 4 is 56.2 Å². The minimum Gasteiger partial charge on any atom is -0.457 e. The molecule has 2 aromatic carbocycles. The summed E-state index contributed by atoms with van der Waals surface area (Å²) in [5, 5.41) is 0. The van der Waals surface area contributed by atoms with Gasteiger partial charge in [-0.3, -0.25) is 9.59 Å². The topological polar surface area (TPSA) is 52.6 Å². The molecule has 2 unspecified atom stereocenters. The van der Waals surface area contributed by atoms with Gasteiger partial charge >= 0.3 is 11.9 Å². The number of hydrogen-bond donors (Lipinski definition) is 0. The average molecular weight is 597 g/mol. The summed E-state index contributed by atoms with van der Waals surface area (Å²) in [5.41, 5.74) is 5.59. The van der Waals surface area contributed by atoms with E-state index in [-0.39, 0.29) is 24.1 Å². The molecule has 0 bridgehead atoms. The molecule has 0 amide bonds. The van der Waals surface area contributed by atoms with Crippen LogP contribution in [0.3, 0.4) is 0 Å². The van der Waals surface area contributed by atoms with Crippen molar-refractivity contribution in [3.05, 3.63) is 82.9 Å². The van der Waals surface area contributed by atoms with E-state index in [1.807, 2.05) is 41.5 Å². The summed E-state index contributed by atoms with van der Waals surface area (Å²) in [7, 11) is 0. The Kier molecular flexibility index (Phi) is 7.27. The number of esters is 2. The van der Waals surface area contributed by atoms with Gasteiger partial charge in [0.1, 0.15) is 12.2 Å². The second-order valence-electron chi connectivity index (χ2n) is 13.2. The lowest BCUT2D eigenvalue weighted by atomic mass is 9.91. The summed E-state index contributed by atoms with van der Waals surface area (Å²) in [6, 6.07) is 17.5. The molecule has 2 aliphatic rings. The van der Waals surface area contributed by atoms with Gasteiger partial charge in [0.25, 0.3) is 0 Å². The predicted octanol–water partition coefficient (Wildman–Crippen LogP) is 10.4. The van der Waals surface area contributed by atoms with E-state index in [1.165, 1.54) is 24.7 Å². The molecule has 2 heterocycles. The first kappa shape index (κ1) is 28.6. The van der Waals surface area contributed by atoms with Crippen molar-refractivity contribution in [2.24, 2.45) is 10.8 Å². The fourth-order valence-electron chi connectivity index (χ4n) is 5.17. The molecule has 2 aromatic heterocycles. The van der Waals surface area contributed by atoms with Gasteiger partial charge in [-0.1, -0.05) is 48.6 Å². The Balaban J connectivity index is 1.25. The van der Waals surface area contributed by atoms with Crippen molar-refractivity contribution in [1.82, 2.24) is 0 Å². The zero-order valence-electron chi connectivity index (χ0n) is 24.9. The summed E-state index contributed by atoms with van der Waals surface area (Å²) in [6.07, 6.45) is 9.30. The molecule has 0 saturated heterocycles. The van der Waals surface area contributed by atoms with Gasteiger partial charge in [-0.25, -0.2) is 0 Å². The van der Waals surface area contributed by atoms with Crippen molar-refractivity contribution in [3.8, 4) is 20.9 Å². The van der Waals surface area contributed by atoms with E-state index in [4.69, 9.17) is 9.47 Å². The quantitative estimate of drug-likeness (QED) is 0.220. The Morgan fingerprint density at radius 3 is 1.71 bits per heavy atom. The van der Waals surface area contributed by atoms with E-state index < -0.39 is 10.8 Å². The normalized spacial score (nSPS) is 18.0. The highest BCUT2D eigenvalue weighted by atomic mass is 32.1. The third kappa shape index (κ3) is 5.62. The molecule has 0 saturated carbocycles. The minimum atomic E-state index is -0.538. The smallest absolute Gasteiger partial charge is 0.311 e. The maximum Gasteiger partial charge on any atom is 0.311 e. The molecule has 0 radical (unpaired) electrons. The highest BCUT2D eigenvalue weighted by molar-refractivity contribution is 7.31. The molecule has 4 aromatic rings. The molecule has 2 aliphatic carbocycles. The lowest BCUT2D eigenvalue weighted by molar-refractivity contribution is -0.159. The Labute approximate surface area is 255 Å². The summed E-state index contributed by atoms with van der Waals surface area (Å²) < 4.78 is 14.3. The van der Waals surface area contributed by atoms with E-state index in [9.17, 15) is 9.59 Å². The van der Waals surface area contributed by atoms with Gasteiger partial charge in [-0.2, -0.15) is 0 Å². The first-order valence-electron chi connectivity index (χ1n) is 14.4. The van der Waals surface area contributed by atoms with Crippen LogP contribution in [0.15, 0.2) is 60.7 Å². The second kappa shape index (κ2) is 10.7. The van der Waals surface area contributed by atoms with E-state index >= 15 is 0 Å². The Hall–Kier alpha value is -3.48. The van der Waals surface area contributed by atoms with Gasteiger partial charge in [-0.15, -0.1) is 22.7 Å². The number of hydrogen-bond acceptors (Lipinski definition) is 6. The minimum absolute atomic E-state index is 0.177. The number of carbonyl (C=O) groups is 2. The molecular formula is C36H36O4S2. The molecule has 6 heteroatoms. The third-order valence-electron chi connectivity index (χ3n) is 7.66. The Morgan fingerprint density at radius 2 is 1.14 bits per heavy atom. The van der Waals surface area contributed by atoms with Crippen molar-refractivity contribution < 1.29 is 19.1 Å². The molecule has 6 rings (SSSR count). The zero-order valence-corrected chi connectivity index (χ0v) is 26.6. The van der Waals surface area contributed by atoms with Crippen LogP contribution in [0.25, 0.3) is 42.4 Å². The monoisotopic (exact) mass is 596 g/mol. The Bertz CT molecular complexity index is 1720. The molecule has 4 nitrogen and oxygen atoms in total. The van der Waals surface area contributed by atoms with Gasteiger partial charge in [0.15, 0.2) is 0 Å². The van der Waals surface area contributed by atoms with Crippen LogP contribution < -0.4 is 0 Å². The fraction of sp³-hybridized carbons (Fsp3) is 0.333. The van der Waals surface area contributed by atoms with Gasteiger partial charge in [0.05, 0.1) is 10.8 Å². The number of rotatable bonds is 4. The zero-order chi connectivity index (χ0) is 29.8. The third-order valence-corrected chi connectivity index (χ3v) is 10.1. The standard InChI is InChI=1S/C36H36O4S2/c1-35(2,3)33(37)39-27-11-8-10-22-17-23(15-16-25(22)27)29-19-31-32(41-29)20-30(42-31)24-14-13-21-9-7-12-28(26(21)18-24)40-34(38)36(4,5)6/h7-10,13-20,27-28H,11-12H2,1-6H3. The Morgan fingerprint density at radius 1 is 0.643 bits per heavy atom. The maximum atomic E-state index is 12.6. The molecular weight excluding hydrogens is 561 g/mol. The van der Waals surface area contributed by atoms with Gasteiger partial charge in [0, 0.05) is 43.1 Å². The number of fused-ring (bicyclic) bond motifs is 3. The number of carbonyl (C=O) groups excluding carboxylic acids is 2. The van der Waals surface area contributed by atoms with Crippen LogP contribution in [0, 0.1) is 10.8 Å². The molecule has 216 valence electrons. The number of thiophene rings is 2. The van der Waals surface area contributed by atoms with E-state index in [0.29, 0.717) is 12.8 Å². The SMILES string of the molecule is CC(C)(C)C(=O)OC1CC=Cc2cc(-c3cc4sc(-c5ccc6c(c5)C(OC(=O)C(C)(C)C)CC=C6)cc4s3)ccc21. The molecule has 0 N–H and O–H groups in total. The van der Waals surface area contributed by atoms with Crippen molar-refractivity contribution in [2.75, 3.05) is 0 Å². The van der Waals surface area contributed by atoms with E-state index in [0.717, 1.165) is 27.8 Å². The van der Waals surface area contributed by atoms with E-state index in [1.54, 1.807) is 22.7 Å². The van der Waals surface area contributed by atoms with E-state index in [2.05, 4.69) is 72.8 Å². The van der Waals surface area contributed by atoms with Crippen molar-refractivity contribution in [2.45, 2.75) is 66.6 Å². The molecule has 0 aliphatic heterocycles. The number of ether oxygens (including phenoxy) is 2. The molecule has 2 atom stereocenters. The first-order chi connectivity index (χ1) is 19.9. The lowest BCUT2D eigenvalue weighted by Gasteiger charge is -2.26. The first-order valence-corrected chi connectivity index (χ1v) is 16.1. The predicted molar refractivity (Wildman–Crippen MR) is 174 cm³/mol. The van der Waals surface area contributed by atoms with Crippen LogP contribution >= 0.6 is 22.7 Å². The summed E-state index contributed by atoms with van der Waals surface area (Å²) in [6.45, 7) is 11.3. The van der Waals surface area contributed by atoms with Gasteiger partial charge < -0.3 is 9.47 Å². The van der Waals surface area contributed by atoms with Crippen LogP contribution in [0.1, 0.15) is 88.8 Å². The fourth-order valence-corrected chi connectivity index (χ4v) is 7.56.